The van der Waals surface area contributed by atoms with Crippen LogP contribution >= 0.6 is 0 Å². The van der Waals surface area contributed by atoms with Gasteiger partial charge in [0.05, 0.1) is 0 Å². The van der Waals surface area contributed by atoms with Crippen molar-refractivity contribution in [3.63, 3.8) is 0 Å². The maximum atomic E-state index is 10.3. The Morgan fingerprint density at radius 1 is 1.67 bits per heavy atom. The van der Waals surface area contributed by atoms with E-state index in [1.165, 1.54) is 6.92 Å². The average molecular weight is 170 g/mol. The smallest absolute Gasteiger partial charge is 0.328 e. The predicted octanol–water partition coefficient (Wildman–Crippen LogP) is 0.663. The van der Waals surface area contributed by atoms with Crippen molar-refractivity contribution in [3.8, 4) is 0 Å². The van der Waals surface area contributed by atoms with Crippen LogP contribution in [-0.4, -0.2) is 18.2 Å². The number of rotatable bonds is 2. The van der Waals surface area contributed by atoms with E-state index in [4.69, 9.17) is 5.73 Å². The second kappa shape index (κ2) is 4.21. The summed E-state index contributed by atoms with van der Waals surface area (Å²) >= 11 is 0. The molecule has 1 aliphatic rings. The second-order valence-electron chi connectivity index (χ2n) is 3.17. The Bertz CT molecular complexity index is 191. The third kappa shape index (κ3) is 3.00. The molecule has 0 bridgehead atoms. The zero-order chi connectivity index (χ0) is 8.97. The Hall–Kier alpha value is -0.900. The van der Waals surface area contributed by atoms with Crippen molar-refractivity contribution in [3.05, 3.63) is 0 Å². The first kappa shape index (κ1) is 9.19. The van der Waals surface area contributed by atoms with Crippen LogP contribution in [0.1, 0.15) is 26.2 Å². The fourth-order valence-electron chi connectivity index (χ4n) is 1.38. The Labute approximate surface area is 71.8 Å². The fraction of sp³-hybridized carbons (Fsp3) is 0.750. The molecule has 0 saturated heterocycles. The summed E-state index contributed by atoms with van der Waals surface area (Å²) in [7, 11) is 0. The van der Waals surface area contributed by atoms with Crippen LogP contribution in [0.15, 0.2) is 5.16 Å². The normalized spacial score (nSPS) is 29.5. The highest BCUT2D eigenvalue weighted by atomic mass is 16.7. The third-order valence-corrected chi connectivity index (χ3v) is 1.97. The molecule has 1 rings (SSSR count). The van der Waals surface area contributed by atoms with Gasteiger partial charge in [-0.1, -0.05) is 5.16 Å². The number of hydrogen-bond acceptors (Lipinski definition) is 4. The Balaban J connectivity index is 2.22. The van der Waals surface area contributed by atoms with Gasteiger partial charge in [-0.3, -0.25) is 0 Å². The lowest BCUT2D eigenvalue weighted by molar-refractivity contribution is -0.140. The van der Waals surface area contributed by atoms with Crippen LogP contribution in [0.4, 0.5) is 0 Å². The Morgan fingerprint density at radius 2 is 2.42 bits per heavy atom. The minimum atomic E-state index is -0.381. The zero-order valence-electron chi connectivity index (χ0n) is 7.19. The molecule has 4 nitrogen and oxygen atoms in total. The van der Waals surface area contributed by atoms with Gasteiger partial charge in [-0.2, -0.15) is 0 Å². The molecular formula is C8H14N2O2. The summed E-state index contributed by atoms with van der Waals surface area (Å²) in [6.45, 7) is 1.33. The molecule has 0 radical (unpaired) electrons. The first-order chi connectivity index (χ1) is 5.68. The number of nitrogens with two attached hydrogens (primary N) is 1. The molecule has 1 aliphatic carbocycles. The van der Waals surface area contributed by atoms with Gasteiger partial charge in [0, 0.05) is 19.2 Å². The van der Waals surface area contributed by atoms with Crippen molar-refractivity contribution in [1.29, 1.82) is 0 Å². The van der Waals surface area contributed by atoms with Crippen LogP contribution in [0.3, 0.4) is 0 Å². The van der Waals surface area contributed by atoms with Crippen molar-refractivity contribution >= 4 is 12.2 Å². The summed E-state index contributed by atoms with van der Waals surface area (Å²) in [5, 5.41) is 3.56. The fourth-order valence-corrected chi connectivity index (χ4v) is 1.38. The minimum absolute atomic E-state index is 0.291. The first-order valence-corrected chi connectivity index (χ1v) is 4.15. The molecule has 2 unspecified atom stereocenters. The highest BCUT2D eigenvalue weighted by molar-refractivity contribution is 5.67. The molecule has 1 fully saturated rings. The number of oxime groups is 1. The summed E-state index contributed by atoms with van der Waals surface area (Å²) in [6.07, 6.45) is 4.71. The maximum Gasteiger partial charge on any atom is 0.331 e. The van der Waals surface area contributed by atoms with Gasteiger partial charge in [0.25, 0.3) is 0 Å². The number of hydrogen-bond donors (Lipinski definition) is 1. The maximum absolute atomic E-state index is 10.3. The van der Waals surface area contributed by atoms with Crippen molar-refractivity contribution in [2.75, 3.05) is 0 Å². The molecule has 0 aromatic rings. The van der Waals surface area contributed by atoms with Crippen molar-refractivity contribution < 1.29 is 9.63 Å². The summed E-state index contributed by atoms with van der Waals surface area (Å²) in [5.74, 6) is 0.00731. The molecule has 0 aliphatic heterocycles. The lowest BCUT2D eigenvalue weighted by Crippen LogP contribution is -2.15. The van der Waals surface area contributed by atoms with Crippen LogP contribution in [0.25, 0.3) is 0 Å². The lowest BCUT2D eigenvalue weighted by atomic mass is 10.1. The van der Waals surface area contributed by atoms with Gasteiger partial charge in [-0.25, -0.2) is 4.79 Å². The second-order valence-corrected chi connectivity index (χ2v) is 3.17. The van der Waals surface area contributed by atoms with E-state index in [1.54, 1.807) is 6.21 Å². The molecule has 4 heteroatoms. The standard InChI is InChI=1S/C8H14N2O2/c1-6(11)12-10-5-7-2-3-8(9)4-7/h5,7-8H,2-4,9H2,1H3/b10-5+. The van der Waals surface area contributed by atoms with E-state index < -0.39 is 0 Å². The number of carbonyl (C=O) groups is 1. The Kier molecular flexibility index (Phi) is 3.22. The van der Waals surface area contributed by atoms with Crippen LogP contribution in [0, 0.1) is 5.92 Å². The molecule has 0 heterocycles. The molecule has 2 atom stereocenters. The van der Waals surface area contributed by atoms with E-state index in [0.717, 1.165) is 19.3 Å². The summed E-state index contributed by atoms with van der Waals surface area (Å²) in [4.78, 5) is 14.7. The van der Waals surface area contributed by atoms with E-state index in [1.807, 2.05) is 0 Å². The highest BCUT2D eigenvalue weighted by Crippen LogP contribution is 2.22. The van der Waals surface area contributed by atoms with Gasteiger partial charge in [-0.15, -0.1) is 0 Å². The van der Waals surface area contributed by atoms with Gasteiger partial charge in [0.1, 0.15) is 0 Å². The van der Waals surface area contributed by atoms with Gasteiger partial charge >= 0.3 is 5.97 Å². The van der Waals surface area contributed by atoms with Gasteiger partial charge in [0.2, 0.25) is 0 Å². The van der Waals surface area contributed by atoms with Gasteiger partial charge in [0.15, 0.2) is 0 Å². The summed E-state index contributed by atoms with van der Waals surface area (Å²) in [6, 6.07) is 0.291. The molecule has 12 heavy (non-hydrogen) atoms. The zero-order valence-corrected chi connectivity index (χ0v) is 7.19. The third-order valence-electron chi connectivity index (χ3n) is 1.97. The predicted molar refractivity (Wildman–Crippen MR) is 45.6 cm³/mol. The quantitative estimate of drug-likeness (QED) is 0.376. The first-order valence-electron chi connectivity index (χ1n) is 4.15. The molecule has 0 aromatic heterocycles. The van der Waals surface area contributed by atoms with Crippen LogP contribution in [-0.2, 0) is 9.63 Å². The Morgan fingerprint density at radius 3 is 2.92 bits per heavy atom. The largest absolute Gasteiger partial charge is 0.331 e. The van der Waals surface area contributed by atoms with Crippen LogP contribution in [0.5, 0.6) is 0 Å². The minimum Gasteiger partial charge on any atom is -0.328 e. The average Bonchev–Trinajstić information content (AvgIpc) is 2.35. The number of carbonyl (C=O) groups excluding carboxylic acids is 1. The molecule has 0 amide bonds. The van der Waals surface area contributed by atoms with E-state index >= 15 is 0 Å². The van der Waals surface area contributed by atoms with Crippen molar-refractivity contribution in [1.82, 2.24) is 0 Å². The molecule has 0 spiro atoms. The SMILES string of the molecule is CC(=O)O/N=C/C1CCC(N)C1. The van der Waals surface area contributed by atoms with Gasteiger partial charge in [-0.05, 0) is 25.2 Å². The number of nitrogens with zero attached hydrogens (tertiary/aromatic N) is 1. The van der Waals surface area contributed by atoms with Crippen molar-refractivity contribution in [2.24, 2.45) is 16.8 Å². The molecular weight excluding hydrogens is 156 g/mol. The molecule has 1 saturated carbocycles. The molecule has 0 aromatic carbocycles. The highest BCUT2D eigenvalue weighted by Gasteiger charge is 2.19. The molecule has 2 N–H and O–H groups in total. The van der Waals surface area contributed by atoms with E-state index in [2.05, 4.69) is 9.99 Å². The van der Waals surface area contributed by atoms with Gasteiger partial charge < -0.3 is 10.6 Å². The van der Waals surface area contributed by atoms with E-state index in [9.17, 15) is 4.79 Å². The lowest BCUT2D eigenvalue weighted by Gasteiger charge is -1.99. The van der Waals surface area contributed by atoms with E-state index in [0.29, 0.717) is 12.0 Å². The van der Waals surface area contributed by atoms with Crippen molar-refractivity contribution in [2.45, 2.75) is 32.2 Å². The summed E-state index contributed by atoms with van der Waals surface area (Å²) < 4.78 is 0. The van der Waals surface area contributed by atoms with Crippen LogP contribution < -0.4 is 5.73 Å². The monoisotopic (exact) mass is 170 g/mol. The topological polar surface area (TPSA) is 64.7 Å². The molecule has 68 valence electrons. The summed E-state index contributed by atoms with van der Waals surface area (Å²) in [5.41, 5.74) is 5.69. The van der Waals surface area contributed by atoms with Crippen LogP contribution in [0.2, 0.25) is 0 Å². The van der Waals surface area contributed by atoms with E-state index in [-0.39, 0.29) is 5.97 Å².